The molecule has 0 rings (SSSR count). The van der Waals surface area contributed by atoms with Crippen LogP contribution < -0.4 is 5.32 Å². The molecule has 1 amide bonds. The highest BCUT2D eigenvalue weighted by molar-refractivity contribution is 5.76. The van der Waals surface area contributed by atoms with Crippen molar-refractivity contribution in [3.05, 3.63) is 36.5 Å². The summed E-state index contributed by atoms with van der Waals surface area (Å²) in [5.41, 5.74) is 0. The number of rotatable bonds is 55. The summed E-state index contributed by atoms with van der Waals surface area (Å²) >= 11 is 0. The molecule has 0 aliphatic rings. The maximum atomic E-state index is 12.4. The van der Waals surface area contributed by atoms with Crippen LogP contribution in [0.3, 0.4) is 0 Å². The molecule has 394 valence electrons. The van der Waals surface area contributed by atoms with E-state index in [0.717, 1.165) is 57.8 Å². The second-order valence-electron chi connectivity index (χ2n) is 20.3. The maximum absolute atomic E-state index is 12.4. The van der Waals surface area contributed by atoms with Crippen LogP contribution in [0.5, 0.6) is 0 Å². The number of hydrogen-bond donors (Lipinski definition) is 3. The predicted octanol–water partition coefficient (Wildman–Crippen LogP) is 18.4. The molecule has 0 saturated carbocycles. The largest absolute Gasteiger partial charge is 0.466 e. The summed E-state index contributed by atoms with van der Waals surface area (Å²) in [4.78, 5) is 24.5. The predicted molar refractivity (Wildman–Crippen MR) is 292 cm³/mol. The van der Waals surface area contributed by atoms with E-state index in [1.54, 1.807) is 6.08 Å². The lowest BCUT2D eigenvalue weighted by Crippen LogP contribution is -2.45. The summed E-state index contributed by atoms with van der Waals surface area (Å²) in [6.45, 7) is 4.90. The standard InChI is InChI=1S/C61H115NO5/c1-3-5-7-9-11-13-15-17-27-30-33-37-41-45-49-53-59(64)58(57-63)62-60(65)54-50-46-42-38-34-31-28-25-23-21-19-18-20-22-24-26-29-32-36-40-44-48-52-56-67-61(66)55-51-47-43-39-35-16-14-12-10-8-6-4-2/h18,20-21,23,49,53,58-59,63-64H,3-17,19,22,24-48,50-52,54-57H2,1-2H3,(H,62,65)/b20-18-,23-21-,53-49+. The lowest BCUT2D eigenvalue weighted by atomic mass is 10.0. The number of amides is 1. The molecule has 0 aromatic heterocycles. The summed E-state index contributed by atoms with van der Waals surface area (Å²) < 4.78 is 5.46. The van der Waals surface area contributed by atoms with Crippen molar-refractivity contribution in [2.45, 2.75) is 328 Å². The molecule has 0 aromatic rings. The van der Waals surface area contributed by atoms with Gasteiger partial charge < -0.3 is 20.3 Å². The van der Waals surface area contributed by atoms with Crippen molar-refractivity contribution < 1.29 is 24.5 Å². The second-order valence-corrected chi connectivity index (χ2v) is 20.3. The topological polar surface area (TPSA) is 95.9 Å². The van der Waals surface area contributed by atoms with Crippen molar-refractivity contribution in [1.82, 2.24) is 5.32 Å². The van der Waals surface area contributed by atoms with Gasteiger partial charge >= 0.3 is 5.97 Å². The Morgan fingerprint density at radius 1 is 0.418 bits per heavy atom. The normalized spacial score (nSPS) is 12.8. The monoisotopic (exact) mass is 942 g/mol. The van der Waals surface area contributed by atoms with Gasteiger partial charge in [-0.3, -0.25) is 9.59 Å². The molecule has 3 N–H and O–H groups in total. The first-order chi connectivity index (χ1) is 33.0. The van der Waals surface area contributed by atoms with Crippen LogP contribution in [0.15, 0.2) is 36.5 Å². The van der Waals surface area contributed by atoms with Crippen molar-refractivity contribution in [2.24, 2.45) is 0 Å². The number of aliphatic hydroxyl groups excluding tert-OH is 2. The Labute approximate surface area is 417 Å². The van der Waals surface area contributed by atoms with Crippen LogP contribution in [-0.4, -0.2) is 47.4 Å². The van der Waals surface area contributed by atoms with Crippen molar-refractivity contribution >= 4 is 11.9 Å². The highest BCUT2D eigenvalue weighted by Gasteiger charge is 2.18. The summed E-state index contributed by atoms with van der Waals surface area (Å²) in [6, 6.07) is -0.635. The zero-order valence-corrected chi connectivity index (χ0v) is 44.9. The van der Waals surface area contributed by atoms with Gasteiger partial charge in [0, 0.05) is 12.8 Å². The first-order valence-electron chi connectivity index (χ1n) is 29.8. The number of allylic oxidation sites excluding steroid dienone is 5. The van der Waals surface area contributed by atoms with E-state index in [4.69, 9.17) is 4.74 Å². The van der Waals surface area contributed by atoms with Crippen LogP contribution >= 0.6 is 0 Å². The van der Waals surface area contributed by atoms with Crippen LogP contribution in [-0.2, 0) is 14.3 Å². The van der Waals surface area contributed by atoms with Crippen LogP contribution in [0.4, 0.5) is 0 Å². The zero-order valence-electron chi connectivity index (χ0n) is 44.9. The average molecular weight is 943 g/mol. The molecular formula is C61H115NO5. The molecule has 6 nitrogen and oxygen atoms in total. The Hall–Kier alpha value is -1.92. The van der Waals surface area contributed by atoms with E-state index in [1.807, 2.05) is 6.08 Å². The first-order valence-corrected chi connectivity index (χ1v) is 29.8. The van der Waals surface area contributed by atoms with E-state index >= 15 is 0 Å². The van der Waals surface area contributed by atoms with Crippen LogP contribution in [0, 0.1) is 0 Å². The molecule has 2 atom stereocenters. The van der Waals surface area contributed by atoms with Gasteiger partial charge in [-0.15, -0.1) is 0 Å². The minimum Gasteiger partial charge on any atom is -0.466 e. The highest BCUT2D eigenvalue weighted by atomic mass is 16.5. The van der Waals surface area contributed by atoms with Crippen molar-refractivity contribution in [1.29, 1.82) is 0 Å². The molecule has 0 aliphatic carbocycles. The van der Waals surface area contributed by atoms with Crippen LogP contribution in [0.1, 0.15) is 316 Å². The Morgan fingerprint density at radius 2 is 0.746 bits per heavy atom. The molecule has 67 heavy (non-hydrogen) atoms. The molecule has 0 fully saturated rings. The van der Waals surface area contributed by atoms with Gasteiger partial charge in [0.05, 0.1) is 25.4 Å². The second kappa shape index (κ2) is 56.7. The molecule has 6 heteroatoms. The summed E-state index contributed by atoms with van der Waals surface area (Å²) in [6.07, 6.45) is 70.3. The minimum absolute atomic E-state index is 0.00702. The third kappa shape index (κ3) is 53.3. The lowest BCUT2D eigenvalue weighted by Gasteiger charge is -2.20. The van der Waals surface area contributed by atoms with Gasteiger partial charge in [0.15, 0.2) is 0 Å². The third-order valence-electron chi connectivity index (χ3n) is 13.7. The van der Waals surface area contributed by atoms with Gasteiger partial charge in [0.25, 0.3) is 0 Å². The molecule has 0 aromatic carbocycles. The minimum atomic E-state index is -0.851. The van der Waals surface area contributed by atoms with Gasteiger partial charge in [-0.25, -0.2) is 0 Å². The lowest BCUT2D eigenvalue weighted by molar-refractivity contribution is -0.143. The molecule has 0 bridgehead atoms. The van der Waals surface area contributed by atoms with Gasteiger partial charge in [-0.2, -0.15) is 0 Å². The summed E-state index contributed by atoms with van der Waals surface area (Å²) in [7, 11) is 0. The Kier molecular flexibility index (Phi) is 55.0. The highest BCUT2D eigenvalue weighted by Crippen LogP contribution is 2.16. The molecule has 0 spiro atoms. The fourth-order valence-corrected chi connectivity index (χ4v) is 9.08. The molecule has 0 radical (unpaired) electrons. The van der Waals surface area contributed by atoms with Crippen molar-refractivity contribution in [2.75, 3.05) is 13.2 Å². The van der Waals surface area contributed by atoms with E-state index in [2.05, 4.69) is 43.5 Å². The third-order valence-corrected chi connectivity index (χ3v) is 13.7. The molecule has 0 saturated heterocycles. The van der Waals surface area contributed by atoms with E-state index in [0.29, 0.717) is 19.4 Å². The van der Waals surface area contributed by atoms with E-state index in [9.17, 15) is 19.8 Å². The number of carbonyl (C=O) groups excluding carboxylic acids is 2. The van der Waals surface area contributed by atoms with E-state index in [1.165, 1.54) is 231 Å². The molecule has 2 unspecified atom stereocenters. The summed E-state index contributed by atoms with van der Waals surface area (Å²) in [5, 5.41) is 23.1. The van der Waals surface area contributed by atoms with Crippen molar-refractivity contribution in [3.63, 3.8) is 0 Å². The summed E-state index contributed by atoms with van der Waals surface area (Å²) in [5.74, 6) is -0.0706. The number of carbonyl (C=O) groups is 2. The van der Waals surface area contributed by atoms with Gasteiger partial charge in [-0.05, 0) is 64.2 Å². The fraction of sp³-hybridized carbons (Fsp3) is 0.869. The van der Waals surface area contributed by atoms with Crippen molar-refractivity contribution in [3.8, 4) is 0 Å². The maximum Gasteiger partial charge on any atom is 0.305 e. The van der Waals surface area contributed by atoms with E-state index < -0.39 is 12.1 Å². The number of hydrogen-bond acceptors (Lipinski definition) is 5. The first kappa shape index (κ1) is 65.1. The van der Waals surface area contributed by atoms with Gasteiger partial charge in [-0.1, -0.05) is 275 Å². The van der Waals surface area contributed by atoms with E-state index in [-0.39, 0.29) is 18.5 Å². The van der Waals surface area contributed by atoms with Crippen LogP contribution in [0.25, 0.3) is 0 Å². The number of unbranched alkanes of at least 4 members (excludes halogenated alkanes) is 40. The van der Waals surface area contributed by atoms with Crippen LogP contribution in [0.2, 0.25) is 0 Å². The Balaban J connectivity index is 3.48. The molecule has 0 heterocycles. The zero-order chi connectivity index (χ0) is 48.6. The number of esters is 1. The number of nitrogens with one attached hydrogen (secondary N) is 1. The SMILES string of the molecule is CCCCCCCCCCCCCCC/C=C/C(O)C(CO)NC(=O)CCCCCCCCC/C=C\C/C=C\CCCCCCCCCCCOC(=O)CCCCCCCCCCCCCC. The smallest absolute Gasteiger partial charge is 0.305 e. The molecular weight excluding hydrogens is 827 g/mol. The molecule has 0 aliphatic heterocycles. The Morgan fingerprint density at radius 3 is 1.13 bits per heavy atom. The number of ether oxygens (including phenoxy) is 1. The fourth-order valence-electron chi connectivity index (χ4n) is 9.08. The number of aliphatic hydroxyl groups is 2. The average Bonchev–Trinajstić information content (AvgIpc) is 3.33. The quantitative estimate of drug-likeness (QED) is 0.0321. The van der Waals surface area contributed by atoms with Gasteiger partial charge in [0.2, 0.25) is 5.91 Å². The Bertz CT molecular complexity index is 1090. The van der Waals surface area contributed by atoms with Gasteiger partial charge in [0.1, 0.15) is 0 Å².